The van der Waals surface area contributed by atoms with Crippen LogP contribution in [0.4, 0.5) is 0 Å². The third-order valence-electron chi connectivity index (χ3n) is 8.10. The summed E-state index contributed by atoms with van der Waals surface area (Å²) in [6, 6.07) is 5.17. The molecule has 1 unspecified atom stereocenters. The maximum Gasteiger partial charge on any atom is 0.322 e. The minimum Gasteiger partial charge on any atom is -0.508 e. The van der Waals surface area contributed by atoms with E-state index in [-0.39, 0.29) is 23.6 Å². The summed E-state index contributed by atoms with van der Waals surface area (Å²) in [5, 5.41) is 51.4. The van der Waals surface area contributed by atoms with Crippen molar-refractivity contribution in [2.24, 2.45) is 5.73 Å². The minimum atomic E-state index is -1.43. The van der Waals surface area contributed by atoms with E-state index in [1.54, 1.807) is 27.7 Å². The molecular formula is C31H40N6O9S2. The zero-order valence-electron chi connectivity index (χ0n) is 26.6. The Morgan fingerprint density at radius 3 is 1.75 bits per heavy atom. The van der Waals surface area contributed by atoms with E-state index in [2.05, 4.69) is 26.6 Å². The smallest absolute Gasteiger partial charge is 0.322 e. The van der Waals surface area contributed by atoms with Gasteiger partial charge in [0, 0.05) is 16.0 Å². The molecule has 2 aliphatic rings. The number of nitrogens with one attached hydrogen (secondary N) is 5. The number of thioether (sulfide) groups is 2. The highest BCUT2D eigenvalue weighted by Gasteiger charge is 2.50. The summed E-state index contributed by atoms with van der Waals surface area (Å²) in [6.07, 6.45) is 0. The standard InChI is InChI=1S/C31H40N6O9S2/c1-30(2)22(28(43)44)34-18(47-30)13-33-25(41)20(15-7-11-17(39)12-8-15)35-26(42)21(27-37-23(29(45)46)31(3,4)48-27)36-24(40)19(32)14-5-9-16(38)10-6-14/h5-12,18-23,27,34,37-39H,13,32H2,1-4H3,(H,33,41)(H,35,42)(H,36,40)(H,43,44)(H,45,46)/t18?,19-,20-,21-,22+,23+,27+/m1/s1. The van der Waals surface area contributed by atoms with Crippen LogP contribution in [0.3, 0.4) is 0 Å². The Kier molecular flexibility index (Phi) is 11.2. The maximum absolute atomic E-state index is 14.1. The van der Waals surface area contributed by atoms with Crippen molar-refractivity contribution in [3.05, 3.63) is 59.7 Å². The molecule has 48 heavy (non-hydrogen) atoms. The van der Waals surface area contributed by atoms with Crippen molar-refractivity contribution in [2.75, 3.05) is 6.54 Å². The first-order valence-electron chi connectivity index (χ1n) is 14.9. The fraction of sp³-hybridized carbons (Fsp3) is 0.452. The van der Waals surface area contributed by atoms with Crippen molar-refractivity contribution in [1.29, 1.82) is 0 Å². The van der Waals surface area contributed by atoms with Crippen LogP contribution in [0.1, 0.15) is 50.9 Å². The molecule has 2 saturated heterocycles. The fourth-order valence-electron chi connectivity index (χ4n) is 5.50. The number of aliphatic carboxylic acids is 2. The predicted molar refractivity (Wildman–Crippen MR) is 179 cm³/mol. The molecule has 0 saturated carbocycles. The van der Waals surface area contributed by atoms with Gasteiger partial charge < -0.3 is 42.1 Å². The number of hydrogen-bond acceptors (Lipinski definition) is 12. The molecule has 3 amide bonds. The van der Waals surface area contributed by atoms with E-state index in [4.69, 9.17) is 5.73 Å². The van der Waals surface area contributed by atoms with Gasteiger partial charge in [-0.25, -0.2) is 0 Å². The largest absolute Gasteiger partial charge is 0.508 e. The van der Waals surface area contributed by atoms with Crippen LogP contribution in [-0.2, 0) is 24.0 Å². The van der Waals surface area contributed by atoms with Gasteiger partial charge in [-0.05, 0) is 63.1 Å². The van der Waals surface area contributed by atoms with Gasteiger partial charge in [0.15, 0.2) is 0 Å². The molecule has 260 valence electrons. The van der Waals surface area contributed by atoms with E-state index in [9.17, 15) is 44.4 Å². The highest BCUT2D eigenvalue weighted by molar-refractivity contribution is 8.01. The summed E-state index contributed by atoms with van der Waals surface area (Å²) < 4.78 is -1.56. The summed E-state index contributed by atoms with van der Waals surface area (Å²) in [7, 11) is 0. The number of hydrogen-bond donors (Lipinski definition) is 10. The third-order valence-corrected chi connectivity index (χ3v) is 11.0. The van der Waals surface area contributed by atoms with Crippen molar-refractivity contribution < 1.29 is 44.4 Å². The summed E-state index contributed by atoms with van der Waals surface area (Å²) in [5.41, 5.74) is 6.82. The number of amides is 3. The van der Waals surface area contributed by atoms with Crippen LogP contribution in [0.15, 0.2) is 48.5 Å². The van der Waals surface area contributed by atoms with E-state index in [1.165, 1.54) is 60.3 Å². The van der Waals surface area contributed by atoms with E-state index >= 15 is 0 Å². The maximum atomic E-state index is 14.1. The van der Waals surface area contributed by atoms with Gasteiger partial charge in [-0.2, -0.15) is 0 Å². The molecule has 17 heteroatoms. The van der Waals surface area contributed by atoms with Crippen LogP contribution in [0.2, 0.25) is 0 Å². The first-order chi connectivity index (χ1) is 22.4. The van der Waals surface area contributed by atoms with Crippen molar-refractivity contribution in [1.82, 2.24) is 26.6 Å². The number of phenolic OH excluding ortho intramolecular Hbond substituents is 2. The number of phenols is 2. The number of carbonyl (C=O) groups excluding carboxylic acids is 3. The molecule has 15 nitrogen and oxygen atoms in total. The van der Waals surface area contributed by atoms with Gasteiger partial charge in [0.25, 0.3) is 0 Å². The molecule has 2 aliphatic heterocycles. The molecular weight excluding hydrogens is 665 g/mol. The first kappa shape index (κ1) is 36.8. The van der Waals surface area contributed by atoms with Gasteiger partial charge in [0.2, 0.25) is 17.7 Å². The lowest BCUT2D eigenvalue weighted by Gasteiger charge is -2.28. The lowest BCUT2D eigenvalue weighted by Crippen LogP contribution is -2.59. The molecule has 7 atom stereocenters. The molecule has 4 rings (SSSR count). The molecule has 0 radical (unpaired) electrons. The van der Waals surface area contributed by atoms with Crippen LogP contribution in [0.5, 0.6) is 11.5 Å². The highest BCUT2D eigenvalue weighted by atomic mass is 32.2. The summed E-state index contributed by atoms with van der Waals surface area (Å²) in [4.78, 5) is 64.9. The third kappa shape index (κ3) is 8.51. The molecule has 0 aliphatic carbocycles. The topological polar surface area (TPSA) is 252 Å². The Balaban J connectivity index is 1.59. The van der Waals surface area contributed by atoms with Crippen molar-refractivity contribution in [3.8, 4) is 11.5 Å². The number of carboxylic acids is 2. The second-order valence-corrected chi connectivity index (χ2v) is 16.2. The van der Waals surface area contributed by atoms with Gasteiger partial charge in [0.05, 0.1) is 10.7 Å². The Morgan fingerprint density at radius 2 is 1.25 bits per heavy atom. The number of carboxylic acid groups (broad SMARTS) is 2. The summed E-state index contributed by atoms with van der Waals surface area (Å²) in [6.45, 7) is 6.92. The van der Waals surface area contributed by atoms with Crippen molar-refractivity contribution >= 4 is 53.2 Å². The predicted octanol–water partition coefficient (Wildman–Crippen LogP) is 0.345. The van der Waals surface area contributed by atoms with E-state index in [0.717, 1.165) is 11.8 Å². The molecule has 0 spiro atoms. The molecule has 0 bridgehead atoms. The Hall–Kier alpha value is -4.03. The Morgan fingerprint density at radius 1 is 0.750 bits per heavy atom. The average molecular weight is 705 g/mol. The van der Waals surface area contributed by atoms with Gasteiger partial charge in [-0.15, -0.1) is 23.5 Å². The lowest BCUT2D eigenvalue weighted by atomic mass is 10.0. The van der Waals surface area contributed by atoms with Crippen LogP contribution < -0.4 is 32.3 Å². The SMILES string of the molecule is CC1(C)SC(CNC(=O)[C@H](NC(=O)[C@@H](NC(=O)[C@H](N)c2ccc(O)cc2)[C@H]2N[C@@H](C(=O)O)C(C)(C)S2)c2ccc(O)cc2)N[C@H]1C(=O)O. The molecule has 2 heterocycles. The van der Waals surface area contributed by atoms with Gasteiger partial charge in [0.1, 0.15) is 41.7 Å². The summed E-state index contributed by atoms with van der Waals surface area (Å²) >= 11 is 2.46. The van der Waals surface area contributed by atoms with Crippen LogP contribution in [-0.4, -0.2) is 95.0 Å². The highest BCUT2D eigenvalue weighted by Crippen LogP contribution is 2.40. The van der Waals surface area contributed by atoms with Gasteiger partial charge >= 0.3 is 11.9 Å². The zero-order chi connectivity index (χ0) is 35.6. The van der Waals surface area contributed by atoms with Gasteiger partial charge in [-0.1, -0.05) is 24.3 Å². The monoisotopic (exact) mass is 704 g/mol. The second kappa shape index (κ2) is 14.6. The van der Waals surface area contributed by atoms with Gasteiger partial charge in [-0.3, -0.25) is 34.6 Å². The molecule has 11 N–H and O–H groups in total. The first-order valence-corrected chi connectivity index (χ1v) is 16.7. The number of aromatic hydroxyl groups is 2. The molecule has 2 fully saturated rings. The van der Waals surface area contributed by atoms with Crippen molar-refractivity contribution in [3.63, 3.8) is 0 Å². The molecule has 2 aromatic carbocycles. The zero-order valence-corrected chi connectivity index (χ0v) is 28.2. The average Bonchev–Trinajstić information content (AvgIpc) is 3.51. The quantitative estimate of drug-likeness (QED) is 0.143. The second-order valence-electron chi connectivity index (χ2n) is 12.6. The van der Waals surface area contributed by atoms with E-state index in [1.807, 2.05) is 0 Å². The van der Waals surface area contributed by atoms with E-state index in [0.29, 0.717) is 5.56 Å². The Labute approximate surface area is 285 Å². The lowest BCUT2D eigenvalue weighted by molar-refractivity contribution is -0.141. The number of rotatable bonds is 12. The normalized spacial score (nSPS) is 24.5. The number of benzene rings is 2. The van der Waals surface area contributed by atoms with E-state index < -0.39 is 80.1 Å². The van der Waals surface area contributed by atoms with Crippen molar-refractivity contribution in [2.45, 2.75) is 78.1 Å². The Bertz CT molecular complexity index is 1540. The molecule has 0 aromatic heterocycles. The number of nitrogens with two attached hydrogens (primary N) is 1. The number of carbonyl (C=O) groups is 5. The van der Waals surface area contributed by atoms with Crippen LogP contribution in [0.25, 0.3) is 0 Å². The molecule has 2 aromatic rings. The fourth-order valence-corrected chi connectivity index (χ4v) is 8.40. The minimum absolute atomic E-state index is 0.0112. The van der Waals surface area contributed by atoms with Crippen LogP contribution in [0, 0.1) is 0 Å². The van der Waals surface area contributed by atoms with Crippen LogP contribution >= 0.6 is 23.5 Å². The summed E-state index contributed by atoms with van der Waals surface area (Å²) in [5.74, 6) is -4.57.